The van der Waals surface area contributed by atoms with Crippen molar-refractivity contribution < 1.29 is 9.59 Å². The molecular formula is C12H21N5O2. The van der Waals surface area contributed by atoms with E-state index in [1.54, 1.807) is 6.92 Å². The Morgan fingerprint density at radius 2 is 2.05 bits per heavy atom. The Bertz CT molecular complexity index is 449. The van der Waals surface area contributed by atoms with Crippen LogP contribution in [0.15, 0.2) is 0 Å². The molecular weight excluding hydrogens is 246 g/mol. The molecule has 1 rings (SSSR count). The summed E-state index contributed by atoms with van der Waals surface area (Å²) in [5.41, 5.74) is 7.22. The summed E-state index contributed by atoms with van der Waals surface area (Å²) in [4.78, 5) is 23.2. The number of H-pyrrole nitrogens is 1. The van der Waals surface area contributed by atoms with Gasteiger partial charge in [0, 0.05) is 0 Å². The molecule has 7 nitrogen and oxygen atoms in total. The molecule has 0 radical (unpaired) electrons. The quantitative estimate of drug-likeness (QED) is 0.639. The first-order chi connectivity index (χ1) is 8.86. The molecule has 1 aromatic heterocycles. The second-order valence-corrected chi connectivity index (χ2v) is 4.67. The maximum atomic E-state index is 12.2. The fraction of sp³-hybridized carbons (Fsp3) is 0.583. The van der Waals surface area contributed by atoms with Crippen LogP contribution in [-0.2, 0) is 4.79 Å². The van der Waals surface area contributed by atoms with E-state index in [1.165, 1.54) is 0 Å². The summed E-state index contributed by atoms with van der Waals surface area (Å²) < 4.78 is 0. The molecule has 0 aliphatic heterocycles. The second-order valence-electron chi connectivity index (χ2n) is 4.67. The fourth-order valence-corrected chi connectivity index (χ4v) is 1.79. The molecule has 0 saturated carbocycles. The summed E-state index contributed by atoms with van der Waals surface area (Å²) in [5, 5.41) is 12.0. The first-order valence-corrected chi connectivity index (χ1v) is 6.25. The zero-order valence-electron chi connectivity index (χ0n) is 11.7. The molecule has 7 heteroatoms. The minimum absolute atomic E-state index is 0.0139. The summed E-state index contributed by atoms with van der Waals surface area (Å²) in [6.07, 6.45) is 0.752. The number of hydrogen-bond donors (Lipinski definition) is 4. The molecule has 0 saturated heterocycles. The van der Waals surface area contributed by atoms with Crippen LogP contribution in [-0.4, -0.2) is 28.2 Å². The third-order valence-electron chi connectivity index (χ3n) is 3.17. The van der Waals surface area contributed by atoms with Crippen LogP contribution in [0.1, 0.15) is 31.7 Å². The molecule has 5 N–H and O–H groups in total. The number of nitrogens with zero attached hydrogens (tertiary/aromatic N) is 1. The standard InChI is InChI=1S/C12H21N5O2/c1-5-6(2)9(15-12(13)19)11(18)14-10-7(3)16-17-8(10)4/h6,9H,5H2,1-4H3,(H,14,18)(H,16,17)(H3,13,15,19). The zero-order valence-corrected chi connectivity index (χ0v) is 11.7. The van der Waals surface area contributed by atoms with E-state index in [0.29, 0.717) is 11.4 Å². The lowest BCUT2D eigenvalue weighted by Crippen LogP contribution is -2.49. The van der Waals surface area contributed by atoms with E-state index in [1.807, 2.05) is 20.8 Å². The highest BCUT2D eigenvalue weighted by atomic mass is 16.2. The predicted octanol–water partition coefficient (Wildman–Crippen LogP) is 1.05. The molecule has 0 aliphatic rings. The average molecular weight is 267 g/mol. The normalized spacial score (nSPS) is 13.7. The number of urea groups is 1. The van der Waals surface area contributed by atoms with Crippen molar-refractivity contribution >= 4 is 17.6 Å². The van der Waals surface area contributed by atoms with Crippen molar-refractivity contribution in [3.05, 3.63) is 11.4 Å². The van der Waals surface area contributed by atoms with E-state index in [2.05, 4.69) is 20.8 Å². The number of primary amides is 1. The number of aryl methyl sites for hydroxylation is 2. The third kappa shape index (κ3) is 3.70. The van der Waals surface area contributed by atoms with Crippen LogP contribution in [0.2, 0.25) is 0 Å². The van der Waals surface area contributed by atoms with Gasteiger partial charge in [0.25, 0.3) is 0 Å². The lowest BCUT2D eigenvalue weighted by molar-refractivity contribution is -0.119. The molecule has 1 heterocycles. The van der Waals surface area contributed by atoms with E-state index in [0.717, 1.165) is 12.1 Å². The third-order valence-corrected chi connectivity index (χ3v) is 3.17. The Balaban J connectivity index is 2.85. The number of carbonyl (C=O) groups is 2. The van der Waals surface area contributed by atoms with Crippen molar-refractivity contribution in [3.8, 4) is 0 Å². The number of anilines is 1. The number of aromatic nitrogens is 2. The van der Waals surface area contributed by atoms with Gasteiger partial charge < -0.3 is 16.4 Å². The first kappa shape index (κ1) is 15.0. The largest absolute Gasteiger partial charge is 0.352 e. The summed E-state index contributed by atoms with van der Waals surface area (Å²) in [7, 11) is 0. The van der Waals surface area contributed by atoms with Gasteiger partial charge in [-0.1, -0.05) is 20.3 Å². The molecule has 0 aromatic carbocycles. The van der Waals surface area contributed by atoms with E-state index in [-0.39, 0.29) is 11.8 Å². The van der Waals surface area contributed by atoms with Gasteiger partial charge in [-0.15, -0.1) is 0 Å². The van der Waals surface area contributed by atoms with Crippen LogP contribution in [0, 0.1) is 19.8 Å². The van der Waals surface area contributed by atoms with E-state index >= 15 is 0 Å². The van der Waals surface area contributed by atoms with Crippen molar-refractivity contribution in [3.63, 3.8) is 0 Å². The van der Waals surface area contributed by atoms with Gasteiger partial charge in [-0.3, -0.25) is 9.89 Å². The lowest BCUT2D eigenvalue weighted by Gasteiger charge is -2.22. The fourth-order valence-electron chi connectivity index (χ4n) is 1.79. The molecule has 19 heavy (non-hydrogen) atoms. The summed E-state index contributed by atoms with van der Waals surface area (Å²) in [5.74, 6) is -0.305. The van der Waals surface area contributed by atoms with Gasteiger partial charge in [-0.25, -0.2) is 4.79 Å². The van der Waals surface area contributed by atoms with Crippen LogP contribution < -0.4 is 16.4 Å². The number of nitrogens with two attached hydrogens (primary N) is 1. The van der Waals surface area contributed by atoms with Gasteiger partial charge in [0.15, 0.2) is 0 Å². The van der Waals surface area contributed by atoms with Crippen molar-refractivity contribution in [1.82, 2.24) is 15.5 Å². The van der Waals surface area contributed by atoms with E-state index in [9.17, 15) is 9.59 Å². The number of hydrogen-bond acceptors (Lipinski definition) is 3. The van der Waals surface area contributed by atoms with Gasteiger partial charge in [-0.05, 0) is 19.8 Å². The minimum atomic E-state index is -0.707. The predicted molar refractivity (Wildman–Crippen MR) is 72.7 cm³/mol. The zero-order chi connectivity index (χ0) is 14.6. The molecule has 2 unspecified atom stereocenters. The highest BCUT2D eigenvalue weighted by Gasteiger charge is 2.26. The molecule has 0 spiro atoms. The molecule has 0 aliphatic carbocycles. The highest BCUT2D eigenvalue weighted by molar-refractivity contribution is 5.97. The van der Waals surface area contributed by atoms with E-state index < -0.39 is 12.1 Å². The van der Waals surface area contributed by atoms with Gasteiger partial charge >= 0.3 is 6.03 Å². The van der Waals surface area contributed by atoms with Gasteiger partial charge in [0.05, 0.1) is 17.1 Å². The van der Waals surface area contributed by atoms with Crippen molar-refractivity contribution in [2.75, 3.05) is 5.32 Å². The van der Waals surface area contributed by atoms with Gasteiger partial charge in [0.2, 0.25) is 5.91 Å². The number of nitrogens with one attached hydrogen (secondary N) is 3. The first-order valence-electron chi connectivity index (χ1n) is 6.25. The Hall–Kier alpha value is -2.05. The second kappa shape index (κ2) is 6.21. The molecule has 0 fully saturated rings. The molecule has 0 bridgehead atoms. The smallest absolute Gasteiger partial charge is 0.312 e. The van der Waals surface area contributed by atoms with Crippen molar-refractivity contribution in [2.45, 2.75) is 40.2 Å². The number of aromatic amines is 1. The Morgan fingerprint density at radius 3 is 2.47 bits per heavy atom. The number of carbonyl (C=O) groups excluding carboxylic acids is 2. The maximum absolute atomic E-state index is 12.2. The summed E-state index contributed by atoms with van der Waals surface area (Å²) in [6.45, 7) is 7.44. The van der Waals surface area contributed by atoms with Gasteiger partial charge in [0.1, 0.15) is 6.04 Å². The SMILES string of the molecule is CCC(C)C(NC(N)=O)C(=O)Nc1c(C)n[nH]c1C. The molecule has 1 aromatic rings. The van der Waals surface area contributed by atoms with Crippen LogP contribution in [0.3, 0.4) is 0 Å². The Kier molecular flexibility index (Phi) is 4.91. The highest BCUT2D eigenvalue weighted by Crippen LogP contribution is 2.18. The summed E-state index contributed by atoms with van der Waals surface area (Å²) in [6, 6.07) is -1.36. The monoisotopic (exact) mass is 267 g/mol. The number of amides is 3. The van der Waals surface area contributed by atoms with Crippen LogP contribution in [0.25, 0.3) is 0 Å². The lowest BCUT2D eigenvalue weighted by atomic mass is 9.98. The van der Waals surface area contributed by atoms with Gasteiger partial charge in [-0.2, -0.15) is 5.10 Å². The van der Waals surface area contributed by atoms with Crippen LogP contribution in [0.4, 0.5) is 10.5 Å². The molecule has 3 amide bonds. The average Bonchev–Trinajstić information content (AvgIpc) is 2.66. The topological polar surface area (TPSA) is 113 Å². The van der Waals surface area contributed by atoms with Crippen molar-refractivity contribution in [2.24, 2.45) is 11.7 Å². The molecule has 2 atom stereocenters. The van der Waals surface area contributed by atoms with E-state index in [4.69, 9.17) is 5.73 Å². The summed E-state index contributed by atoms with van der Waals surface area (Å²) >= 11 is 0. The van der Waals surface area contributed by atoms with Crippen LogP contribution >= 0.6 is 0 Å². The minimum Gasteiger partial charge on any atom is -0.352 e. The van der Waals surface area contributed by atoms with Crippen molar-refractivity contribution in [1.29, 1.82) is 0 Å². The Labute approximate surface area is 112 Å². The number of rotatable bonds is 5. The van der Waals surface area contributed by atoms with Crippen LogP contribution in [0.5, 0.6) is 0 Å². The Morgan fingerprint density at radius 1 is 1.42 bits per heavy atom. The maximum Gasteiger partial charge on any atom is 0.312 e. The molecule has 106 valence electrons.